The van der Waals surface area contributed by atoms with Crippen LogP contribution in [0.2, 0.25) is 5.76 Å². The van der Waals surface area contributed by atoms with Crippen LogP contribution in [0.5, 0.6) is 0 Å². The van der Waals surface area contributed by atoms with Crippen LogP contribution in [-0.4, -0.2) is 9.98 Å². The predicted octanol–water partition coefficient (Wildman–Crippen LogP) is 4.80. The van der Waals surface area contributed by atoms with Gasteiger partial charge in [0.1, 0.15) is 0 Å². The Morgan fingerprint density at radius 3 is 0.956 bits per heavy atom. The number of halogens is 2. The monoisotopic (exact) mass is 756 g/mol. The molecule has 218 valence electrons. The molecule has 9 aromatic rings. The van der Waals surface area contributed by atoms with Crippen LogP contribution >= 0.6 is 0 Å². The fourth-order valence-electron chi connectivity index (χ4n) is 6.28. The van der Waals surface area contributed by atoms with Gasteiger partial charge in [-0.2, -0.15) is 24.3 Å². The normalized spacial score (nSPS) is 10.6. The minimum absolute atomic E-state index is 0. The molecule has 0 radical (unpaired) electrons. The Morgan fingerprint density at radius 2 is 0.644 bits per heavy atom. The minimum atomic E-state index is -0.676. The summed E-state index contributed by atoms with van der Waals surface area (Å²) in [6.45, 7) is 0. The van der Waals surface area contributed by atoms with E-state index in [1.165, 1.54) is 64.6 Å². The quantitative estimate of drug-likeness (QED) is 0.128. The van der Waals surface area contributed by atoms with E-state index in [0.717, 1.165) is 0 Å². The molecule has 0 heterocycles. The first-order valence-corrected chi connectivity index (χ1v) is 25.3. The van der Waals surface area contributed by atoms with Crippen molar-refractivity contribution in [2.75, 3.05) is 0 Å². The third-order valence-electron chi connectivity index (χ3n) is 8.29. The summed E-state index contributed by atoms with van der Waals surface area (Å²) in [5, 5.41) is 16.2. The summed E-state index contributed by atoms with van der Waals surface area (Å²) in [6.07, 6.45) is 0. The van der Waals surface area contributed by atoms with E-state index in [0.29, 0.717) is 0 Å². The zero-order valence-corrected chi connectivity index (χ0v) is 30.9. The van der Waals surface area contributed by atoms with Gasteiger partial charge in [-0.3, -0.25) is 0 Å². The van der Waals surface area contributed by atoms with Gasteiger partial charge in [0, 0.05) is 0 Å². The maximum Gasteiger partial charge on any atom is -0.0293 e. The topological polar surface area (TPSA) is 0 Å². The van der Waals surface area contributed by atoms with Gasteiger partial charge >= 0.3 is 72.1 Å². The van der Waals surface area contributed by atoms with Crippen LogP contribution in [0.15, 0.2) is 164 Å². The van der Waals surface area contributed by atoms with Crippen molar-refractivity contribution in [1.29, 1.82) is 0 Å². The standard InChI is InChI=1S/2C17H11.C7H8Ge.2ClH.Zr/c2*1-3-8-14-12(6-1)13-7-2-4-9-15(13)17-11-5-10-16(14)17;1-8-7-5-3-2-4-6-7;;;/h2*1-11H;2-6H,1H3;2*1H;/q2*-1;;;;+2/p-2. The summed E-state index contributed by atoms with van der Waals surface area (Å²) in [4.78, 5) is 0. The average Bonchev–Trinajstić information content (AvgIpc) is 3.78. The van der Waals surface area contributed by atoms with Gasteiger partial charge in [0.05, 0.1) is 0 Å². The first-order valence-electron chi connectivity index (χ1n) is 14.7. The van der Waals surface area contributed by atoms with Crippen molar-refractivity contribution in [3.8, 4) is 0 Å². The fourth-order valence-corrected chi connectivity index (χ4v) is 9.86. The van der Waals surface area contributed by atoms with E-state index in [2.05, 4.69) is 170 Å². The Morgan fingerprint density at radius 1 is 0.378 bits per heavy atom. The van der Waals surface area contributed by atoms with Crippen molar-refractivity contribution >= 4 is 79.0 Å². The molecule has 0 saturated carbocycles. The van der Waals surface area contributed by atoms with Gasteiger partial charge in [-0.05, 0) is 10.8 Å². The second-order valence-electron chi connectivity index (χ2n) is 10.9. The summed E-state index contributed by atoms with van der Waals surface area (Å²) in [7, 11) is -0.676. The fraction of sp³-hybridized carbons (Fsp3) is 0.0244. The van der Waals surface area contributed by atoms with Gasteiger partial charge in [0.2, 0.25) is 0 Å². The van der Waals surface area contributed by atoms with Crippen molar-refractivity contribution in [1.82, 2.24) is 0 Å². The van der Waals surface area contributed by atoms with Crippen molar-refractivity contribution in [2.45, 2.75) is 5.76 Å². The molecule has 0 amide bonds. The molecule has 9 aromatic carbocycles. The van der Waals surface area contributed by atoms with Crippen molar-refractivity contribution < 1.29 is 46.4 Å². The van der Waals surface area contributed by atoms with Gasteiger partial charge < -0.3 is 24.8 Å². The van der Waals surface area contributed by atoms with Gasteiger partial charge in [-0.25, -0.2) is 0 Å². The molecule has 0 bridgehead atoms. The van der Waals surface area contributed by atoms with E-state index in [4.69, 9.17) is 0 Å². The van der Waals surface area contributed by atoms with E-state index in [1.807, 2.05) is 0 Å². The Hall–Kier alpha value is -3.19. The summed E-state index contributed by atoms with van der Waals surface area (Å²) in [6, 6.07) is 58.6. The predicted molar refractivity (Wildman–Crippen MR) is 187 cm³/mol. The van der Waals surface area contributed by atoms with E-state index in [1.54, 1.807) is 26.0 Å². The molecule has 0 unspecified atom stereocenters. The Bertz CT molecular complexity index is 2100. The molecule has 4 heteroatoms. The number of benzene rings is 7. The van der Waals surface area contributed by atoms with Crippen molar-refractivity contribution in [3.05, 3.63) is 164 Å². The summed E-state index contributed by atoms with van der Waals surface area (Å²) in [5.41, 5.74) is 0. The third kappa shape index (κ3) is 6.56. The smallest absolute Gasteiger partial charge is 0.0293 e. The molecular weight excluding hydrogens is 727 g/mol. The van der Waals surface area contributed by atoms with Gasteiger partial charge in [0.25, 0.3) is 0 Å². The molecule has 0 saturated heterocycles. The molecule has 0 fully saturated rings. The van der Waals surface area contributed by atoms with Crippen LogP contribution in [0.3, 0.4) is 0 Å². The largest absolute Gasteiger partial charge is 1.00 e. The number of hydrogen-bond donors (Lipinski definition) is 0. The molecule has 0 atom stereocenters. The molecule has 0 aliphatic heterocycles. The Kier molecular flexibility index (Phi) is 11.0. The van der Waals surface area contributed by atoms with Crippen LogP contribution in [0, 0.1) is 0 Å². The number of hydrogen-bond acceptors (Lipinski definition) is 0. The summed E-state index contributed by atoms with van der Waals surface area (Å²) in [5.74, 6) is 2.41. The molecule has 45 heavy (non-hydrogen) atoms. The van der Waals surface area contributed by atoms with Gasteiger partial charge in [-0.15, -0.1) is 33.7 Å². The SMILES string of the molecule is [CH3][Ge](=[Zr+2])[c]1ccccc1.[Cl-].[Cl-].c1ccc2c(c1)c1ccccc1c1[cH-]ccc21.c1ccc2c(c1)c1ccccc1c1[cH-]ccc21. The zero-order chi connectivity index (χ0) is 29.2. The second-order valence-corrected chi connectivity index (χ2v) is 24.3. The average molecular weight is 757 g/mol. The molecule has 0 aliphatic carbocycles. The molecular formula is C41H30Cl2GeZr-2. The maximum atomic E-state index is 2.41. The zero-order valence-electron chi connectivity index (χ0n) is 24.8. The molecule has 0 N–H and O–H groups in total. The van der Waals surface area contributed by atoms with Crippen LogP contribution < -0.4 is 29.2 Å². The molecule has 0 nitrogen and oxygen atoms in total. The molecule has 9 rings (SSSR count). The van der Waals surface area contributed by atoms with Crippen molar-refractivity contribution in [2.24, 2.45) is 0 Å². The van der Waals surface area contributed by atoms with E-state index >= 15 is 0 Å². The molecule has 0 spiro atoms. The number of rotatable bonds is 1. The van der Waals surface area contributed by atoms with Crippen molar-refractivity contribution in [3.63, 3.8) is 0 Å². The van der Waals surface area contributed by atoms with E-state index < -0.39 is 9.98 Å². The van der Waals surface area contributed by atoms with Crippen LogP contribution in [0.4, 0.5) is 0 Å². The van der Waals surface area contributed by atoms with Gasteiger partial charge in [0.15, 0.2) is 0 Å². The Labute approximate surface area is 292 Å². The maximum absolute atomic E-state index is 2.41. The summed E-state index contributed by atoms with van der Waals surface area (Å²) < 4.78 is 1.62. The first kappa shape index (κ1) is 33.2. The third-order valence-corrected chi connectivity index (χ3v) is 14.5. The van der Waals surface area contributed by atoms with E-state index in [9.17, 15) is 0 Å². The second kappa shape index (κ2) is 14.9. The van der Waals surface area contributed by atoms with Crippen LogP contribution in [0.25, 0.3) is 64.6 Å². The minimum Gasteiger partial charge on any atom is -1.00 e. The Balaban J connectivity index is 0.000000137. The van der Waals surface area contributed by atoms with Crippen LogP contribution in [-0.2, 0) is 21.6 Å². The number of fused-ring (bicyclic) bond motifs is 12. The molecule has 0 aromatic heterocycles. The van der Waals surface area contributed by atoms with Crippen LogP contribution in [0.1, 0.15) is 0 Å². The van der Waals surface area contributed by atoms with E-state index in [-0.39, 0.29) is 24.8 Å². The van der Waals surface area contributed by atoms with Gasteiger partial charge in [-0.1, -0.05) is 129 Å². The first-order chi connectivity index (χ1) is 21.2. The molecule has 0 aliphatic rings. The summed E-state index contributed by atoms with van der Waals surface area (Å²) >= 11 is 1.76.